The zero-order valence-corrected chi connectivity index (χ0v) is 16.5. The number of hydrogen-bond acceptors (Lipinski definition) is 3. The molecule has 1 saturated heterocycles. The maximum absolute atomic E-state index is 11.5. The van der Waals surface area contributed by atoms with Gasteiger partial charge in [-0.2, -0.15) is 5.10 Å². The van der Waals surface area contributed by atoms with E-state index in [2.05, 4.69) is 25.7 Å². The molecule has 1 aliphatic heterocycles. The summed E-state index contributed by atoms with van der Waals surface area (Å²) in [5, 5.41) is 14.9. The Kier molecular flexibility index (Phi) is 4.88. The van der Waals surface area contributed by atoms with Crippen LogP contribution in [0.2, 0.25) is 5.02 Å². The summed E-state index contributed by atoms with van der Waals surface area (Å²) in [4.78, 5) is 13.7. The molecule has 5 nitrogen and oxygen atoms in total. The van der Waals surface area contributed by atoms with Crippen LogP contribution in [0.4, 0.5) is 0 Å². The van der Waals surface area contributed by atoms with Crippen LogP contribution in [0.3, 0.4) is 0 Å². The molecule has 0 amide bonds. The van der Waals surface area contributed by atoms with Gasteiger partial charge in [-0.05, 0) is 32.0 Å². The summed E-state index contributed by atoms with van der Waals surface area (Å²) in [5.41, 5.74) is 2.20. The van der Waals surface area contributed by atoms with Crippen molar-refractivity contribution in [2.45, 2.75) is 46.1 Å². The summed E-state index contributed by atoms with van der Waals surface area (Å²) < 4.78 is 1.84. The highest BCUT2D eigenvalue weighted by Crippen LogP contribution is 2.33. The normalized spacial score (nSPS) is 21.3. The molecule has 1 aliphatic rings. The van der Waals surface area contributed by atoms with Crippen LogP contribution in [0.15, 0.2) is 30.5 Å². The molecule has 1 fully saturated rings. The number of likely N-dealkylation sites (tertiary alicyclic amines) is 1. The Morgan fingerprint density at radius 3 is 2.62 bits per heavy atom. The molecule has 26 heavy (non-hydrogen) atoms. The highest BCUT2D eigenvalue weighted by molar-refractivity contribution is 6.32. The van der Waals surface area contributed by atoms with E-state index in [0.29, 0.717) is 24.5 Å². The van der Waals surface area contributed by atoms with E-state index < -0.39 is 11.4 Å². The molecule has 1 N–H and O–H groups in total. The number of hydrogen-bond donors (Lipinski definition) is 1. The largest absolute Gasteiger partial charge is 0.481 e. The first-order valence-electron chi connectivity index (χ1n) is 8.90. The summed E-state index contributed by atoms with van der Waals surface area (Å²) in [7, 11) is 0. The number of aromatic nitrogens is 2. The van der Waals surface area contributed by atoms with E-state index in [-0.39, 0.29) is 5.41 Å². The number of benzene rings is 1. The smallest absolute Gasteiger partial charge is 0.310 e. The fourth-order valence-corrected chi connectivity index (χ4v) is 3.75. The van der Waals surface area contributed by atoms with E-state index in [9.17, 15) is 9.90 Å². The number of carboxylic acids is 1. The second kappa shape index (κ2) is 6.71. The van der Waals surface area contributed by atoms with E-state index in [1.54, 1.807) is 0 Å². The lowest BCUT2D eigenvalue weighted by molar-refractivity contribution is -0.147. The third-order valence-corrected chi connectivity index (χ3v) is 5.38. The Morgan fingerprint density at radius 1 is 1.35 bits per heavy atom. The minimum Gasteiger partial charge on any atom is -0.481 e. The van der Waals surface area contributed by atoms with Crippen LogP contribution in [0.25, 0.3) is 5.69 Å². The number of carbonyl (C=O) groups is 1. The molecule has 0 radical (unpaired) electrons. The van der Waals surface area contributed by atoms with Gasteiger partial charge in [0.15, 0.2) is 0 Å². The van der Waals surface area contributed by atoms with Gasteiger partial charge in [-0.1, -0.05) is 44.5 Å². The quantitative estimate of drug-likeness (QED) is 0.873. The number of nitrogens with zero attached hydrogens (tertiary/aromatic N) is 3. The third-order valence-electron chi connectivity index (χ3n) is 5.06. The van der Waals surface area contributed by atoms with E-state index >= 15 is 0 Å². The molecule has 0 bridgehead atoms. The molecule has 1 aromatic carbocycles. The van der Waals surface area contributed by atoms with Crippen LogP contribution < -0.4 is 0 Å². The lowest BCUT2D eigenvalue weighted by Gasteiger charge is -2.22. The first-order chi connectivity index (χ1) is 12.1. The first kappa shape index (κ1) is 18.9. The first-order valence-corrected chi connectivity index (χ1v) is 9.28. The Labute approximate surface area is 159 Å². The average Bonchev–Trinajstić information content (AvgIpc) is 3.13. The van der Waals surface area contributed by atoms with Gasteiger partial charge in [0.2, 0.25) is 0 Å². The molecular weight excluding hydrogens is 350 g/mol. The maximum atomic E-state index is 11.5. The average molecular weight is 376 g/mol. The van der Waals surface area contributed by atoms with Gasteiger partial charge in [-0.3, -0.25) is 9.69 Å². The van der Waals surface area contributed by atoms with Gasteiger partial charge in [0.1, 0.15) is 0 Å². The van der Waals surface area contributed by atoms with Gasteiger partial charge in [0.05, 0.1) is 21.8 Å². The standard InChI is InChI=1S/C20H26ClN3O2/c1-19(2,3)17-14(11-23-10-9-20(4,13-23)18(25)26)12-24(22-17)16-8-6-5-7-15(16)21/h5-8,12H,9-11,13H2,1-4H3,(H,25,26). The number of halogens is 1. The molecular formula is C20H26ClN3O2. The Morgan fingerprint density at radius 2 is 2.04 bits per heavy atom. The molecule has 2 aromatic rings. The van der Waals surface area contributed by atoms with Crippen LogP contribution in [0.1, 0.15) is 45.4 Å². The van der Waals surface area contributed by atoms with Gasteiger partial charge in [-0.15, -0.1) is 0 Å². The monoisotopic (exact) mass is 375 g/mol. The van der Waals surface area contributed by atoms with E-state index in [4.69, 9.17) is 16.7 Å². The maximum Gasteiger partial charge on any atom is 0.310 e. The zero-order chi connectivity index (χ0) is 19.1. The van der Waals surface area contributed by atoms with Gasteiger partial charge in [0.25, 0.3) is 0 Å². The van der Waals surface area contributed by atoms with Crippen molar-refractivity contribution >= 4 is 17.6 Å². The second-order valence-corrected chi connectivity index (χ2v) is 8.88. The van der Waals surface area contributed by atoms with Crippen molar-refractivity contribution in [3.05, 3.63) is 46.7 Å². The van der Waals surface area contributed by atoms with Crippen molar-refractivity contribution in [2.75, 3.05) is 13.1 Å². The third kappa shape index (κ3) is 3.64. The van der Waals surface area contributed by atoms with E-state index in [0.717, 1.165) is 23.5 Å². The molecule has 140 valence electrons. The minimum atomic E-state index is -0.720. The lowest BCUT2D eigenvalue weighted by Crippen LogP contribution is -2.31. The van der Waals surface area contributed by atoms with Gasteiger partial charge in [-0.25, -0.2) is 4.68 Å². The predicted octanol–water partition coefficient (Wildman–Crippen LogP) is 4.12. The molecule has 3 rings (SSSR count). The van der Waals surface area contributed by atoms with E-state index in [1.807, 2.05) is 42.1 Å². The Hall–Kier alpha value is -1.85. The summed E-state index contributed by atoms with van der Waals surface area (Å²) in [6.07, 6.45) is 2.70. The van der Waals surface area contributed by atoms with Crippen LogP contribution >= 0.6 is 11.6 Å². The van der Waals surface area contributed by atoms with Crippen molar-refractivity contribution in [2.24, 2.45) is 5.41 Å². The SMILES string of the molecule is CC1(C(=O)O)CCN(Cc2cn(-c3ccccc3Cl)nc2C(C)(C)C)C1. The van der Waals surface area contributed by atoms with E-state index in [1.165, 1.54) is 0 Å². The van der Waals surface area contributed by atoms with Crippen LogP contribution in [-0.4, -0.2) is 38.8 Å². The second-order valence-electron chi connectivity index (χ2n) is 8.48. The van der Waals surface area contributed by atoms with Crippen molar-refractivity contribution in [1.29, 1.82) is 0 Å². The summed E-state index contributed by atoms with van der Waals surface area (Å²) >= 11 is 6.34. The summed E-state index contributed by atoms with van der Waals surface area (Å²) in [5.74, 6) is -0.720. The number of para-hydroxylation sites is 1. The molecule has 1 atom stereocenters. The predicted molar refractivity (Wildman–Crippen MR) is 103 cm³/mol. The van der Waals surface area contributed by atoms with Crippen LogP contribution in [0.5, 0.6) is 0 Å². The van der Waals surface area contributed by atoms with Gasteiger partial charge in [0, 0.05) is 30.3 Å². The summed E-state index contributed by atoms with van der Waals surface area (Å²) in [6, 6.07) is 7.65. The highest BCUT2D eigenvalue weighted by Gasteiger charge is 2.40. The summed E-state index contributed by atoms with van der Waals surface area (Å²) in [6.45, 7) is 10.3. The molecule has 0 aliphatic carbocycles. The number of aliphatic carboxylic acids is 1. The van der Waals surface area contributed by atoms with Crippen molar-refractivity contribution in [3.8, 4) is 5.69 Å². The molecule has 0 saturated carbocycles. The number of carboxylic acid groups (broad SMARTS) is 1. The number of rotatable bonds is 4. The van der Waals surface area contributed by atoms with Crippen LogP contribution in [-0.2, 0) is 16.8 Å². The highest BCUT2D eigenvalue weighted by atomic mass is 35.5. The Bertz CT molecular complexity index is 825. The van der Waals surface area contributed by atoms with Gasteiger partial charge >= 0.3 is 5.97 Å². The molecule has 1 aromatic heterocycles. The molecule has 0 spiro atoms. The van der Waals surface area contributed by atoms with Crippen molar-refractivity contribution < 1.29 is 9.90 Å². The molecule has 1 unspecified atom stereocenters. The van der Waals surface area contributed by atoms with Gasteiger partial charge < -0.3 is 5.11 Å². The van der Waals surface area contributed by atoms with Crippen molar-refractivity contribution in [3.63, 3.8) is 0 Å². The fourth-order valence-electron chi connectivity index (χ4n) is 3.52. The topological polar surface area (TPSA) is 58.4 Å². The zero-order valence-electron chi connectivity index (χ0n) is 15.8. The molecule has 6 heteroatoms. The van der Waals surface area contributed by atoms with Crippen LogP contribution in [0, 0.1) is 5.41 Å². The van der Waals surface area contributed by atoms with Crippen molar-refractivity contribution in [1.82, 2.24) is 14.7 Å². The fraction of sp³-hybridized carbons (Fsp3) is 0.500. The Balaban J connectivity index is 1.92. The molecule has 2 heterocycles. The minimum absolute atomic E-state index is 0.113. The lowest BCUT2D eigenvalue weighted by atomic mass is 9.89.